The highest BCUT2D eigenvalue weighted by Gasteiger charge is 2.54. The number of carboxylic acids is 1. The van der Waals surface area contributed by atoms with Crippen LogP contribution >= 0.6 is 0 Å². The normalized spacial score (nSPS) is 26.6. The molecule has 2 aromatic rings. The fourth-order valence-electron chi connectivity index (χ4n) is 4.47. The van der Waals surface area contributed by atoms with Crippen LogP contribution in [0.4, 0.5) is 0 Å². The van der Waals surface area contributed by atoms with Gasteiger partial charge in [0.05, 0.1) is 16.8 Å². The van der Waals surface area contributed by atoms with E-state index in [4.69, 9.17) is 0 Å². The summed E-state index contributed by atoms with van der Waals surface area (Å²) in [5.41, 5.74) is 2.73. The van der Waals surface area contributed by atoms with Crippen LogP contribution in [0, 0.1) is 18.3 Å². The number of aryl methyl sites for hydroxylation is 1. The topological polar surface area (TPSA) is 58.4 Å². The molecule has 2 heterocycles. The second kappa shape index (κ2) is 5.74. The van der Waals surface area contributed by atoms with Gasteiger partial charge in [-0.15, -0.1) is 0 Å². The van der Waals surface area contributed by atoms with E-state index in [-0.39, 0.29) is 0 Å². The highest BCUT2D eigenvalue weighted by atomic mass is 16.4. The molecule has 2 fully saturated rings. The molecule has 1 saturated heterocycles. The molecule has 1 N–H and O–H groups in total. The number of carboxylic acid groups (broad SMARTS) is 1. The highest BCUT2D eigenvalue weighted by molar-refractivity contribution is 5.76. The molecule has 0 spiro atoms. The zero-order valence-corrected chi connectivity index (χ0v) is 14.0. The van der Waals surface area contributed by atoms with E-state index in [1.807, 2.05) is 41.9 Å². The molecule has 0 radical (unpaired) electrons. The van der Waals surface area contributed by atoms with Gasteiger partial charge in [-0.3, -0.25) is 9.69 Å². The lowest BCUT2D eigenvalue weighted by atomic mass is 9.81. The van der Waals surface area contributed by atoms with Crippen LogP contribution in [0.5, 0.6) is 0 Å². The Morgan fingerprint density at radius 1 is 1.38 bits per heavy atom. The van der Waals surface area contributed by atoms with Crippen molar-refractivity contribution in [1.82, 2.24) is 14.7 Å². The average Bonchev–Trinajstić information content (AvgIpc) is 3.22. The van der Waals surface area contributed by atoms with Gasteiger partial charge in [0.15, 0.2) is 0 Å². The Morgan fingerprint density at radius 2 is 2.17 bits per heavy atom. The number of aliphatic carboxylic acids is 1. The van der Waals surface area contributed by atoms with Gasteiger partial charge in [0.25, 0.3) is 0 Å². The predicted octanol–water partition coefficient (Wildman–Crippen LogP) is 2.87. The van der Waals surface area contributed by atoms with E-state index in [2.05, 4.69) is 16.2 Å². The number of carbonyl (C=O) groups is 1. The van der Waals surface area contributed by atoms with E-state index in [1.165, 1.54) is 5.56 Å². The van der Waals surface area contributed by atoms with Crippen molar-refractivity contribution in [1.29, 1.82) is 0 Å². The molecule has 126 valence electrons. The van der Waals surface area contributed by atoms with Crippen molar-refractivity contribution >= 4 is 5.97 Å². The number of fused-ring (bicyclic) bond motifs is 1. The molecule has 1 saturated carbocycles. The maximum absolute atomic E-state index is 11.8. The summed E-state index contributed by atoms with van der Waals surface area (Å²) < 4.78 is 1.91. The van der Waals surface area contributed by atoms with Gasteiger partial charge < -0.3 is 5.11 Å². The number of benzene rings is 1. The van der Waals surface area contributed by atoms with Gasteiger partial charge in [-0.05, 0) is 37.8 Å². The molecular weight excluding hydrogens is 302 g/mol. The number of para-hydroxylation sites is 1. The van der Waals surface area contributed by atoms with Crippen LogP contribution in [0.25, 0.3) is 5.69 Å². The SMILES string of the molecule is Cc1nn(-c2ccccc2)cc1CN1C[C@@H]2CCC[C@@]2(C(=O)O)C1. The van der Waals surface area contributed by atoms with Gasteiger partial charge >= 0.3 is 5.97 Å². The number of hydrogen-bond acceptors (Lipinski definition) is 3. The smallest absolute Gasteiger partial charge is 0.311 e. The van der Waals surface area contributed by atoms with Crippen molar-refractivity contribution in [2.45, 2.75) is 32.7 Å². The highest BCUT2D eigenvalue weighted by Crippen LogP contribution is 2.49. The molecule has 4 rings (SSSR count). The third kappa shape index (κ3) is 2.44. The minimum absolute atomic E-state index is 0.305. The van der Waals surface area contributed by atoms with E-state index in [9.17, 15) is 9.90 Å². The minimum atomic E-state index is -0.607. The van der Waals surface area contributed by atoms with Crippen molar-refractivity contribution < 1.29 is 9.90 Å². The van der Waals surface area contributed by atoms with Crippen molar-refractivity contribution in [3.05, 3.63) is 47.8 Å². The summed E-state index contributed by atoms with van der Waals surface area (Å²) >= 11 is 0. The first-order valence-electron chi connectivity index (χ1n) is 8.65. The van der Waals surface area contributed by atoms with Crippen LogP contribution in [0.2, 0.25) is 0 Å². The van der Waals surface area contributed by atoms with Gasteiger partial charge in [-0.2, -0.15) is 5.10 Å². The lowest BCUT2D eigenvalue weighted by Gasteiger charge is -2.23. The quantitative estimate of drug-likeness (QED) is 0.939. The Balaban J connectivity index is 1.53. The summed E-state index contributed by atoms with van der Waals surface area (Å²) in [6.45, 7) is 4.37. The third-order valence-corrected chi connectivity index (χ3v) is 5.78. The van der Waals surface area contributed by atoms with Crippen molar-refractivity contribution in [3.63, 3.8) is 0 Å². The molecule has 2 aliphatic rings. The Kier molecular flexibility index (Phi) is 3.68. The van der Waals surface area contributed by atoms with Gasteiger partial charge in [-0.25, -0.2) is 4.68 Å². The zero-order chi connectivity index (χ0) is 16.7. The zero-order valence-electron chi connectivity index (χ0n) is 14.0. The summed E-state index contributed by atoms with van der Waals surface area (Å²) in [7, 11) is 0. The minimum Gasteiger partial charge on any atom is -0.481 e. The Bertz CT molecular complexity index is 755. The largest absolute Gasteiger partial charge is 0.481 e. The summed E-state index contributed by atoms with van der Waals surface area (Å²) in [6, 6.07) is 10.1. The predicted molar refractivity (Wildman–Crippen MR) is 91.0 cm³/mol. The monoisotopic (exact) mass is 325 g/mol. The van der Waals surface area contributed by atoms with Crippen molar-refractivity contribution in [2.75, 3.05) is 13.1 Å². The number of rotatable bonds is 4. The molecular formula is C19H23N3O2. The Hall–Kier alpha value is -2.14. The average molecular weight is 325 g/mol. The maximum atomic E-state index is 11.8. The Morgan fingerprint density at radius 3 is 2.88 bits per heavy atom. The van der Waals surface area contributed by atoms with Crippen LogP contribution < -0.4 is 0 Å². The molecule has 0 unspecified atom stereocenters. The first-order valence-corrected chi connectivity index (χ1v) is 8.65. The van der Waals surface area contributed by atoms with Gasteiger partial charge in [-0.1, -0.05) is 24.6 Å². The molecule has 1 aromatic carbocycles. The molecule has 5 heteroatoms. The number of likely N-dealkylation sites (tertiary alicyclic amines) is 1. The first kappa shape index (κ1) is 15.4. The van der Waals surface area contributed by atoms with Gasteiger partial charge in [0, 0.05) is 31.4 Å². The van der Waals surface area contributed by atoms with E-state index < -0.39 is 11.4 Å². The van der Waals surface area contributed by atoms with Crippen LogP contribution in [-0.2, 0) is 11.3 Å². The summed E-state index contributed by atoms with van der Waals surface area (Å²) in [5.74, 6) is -0.302. The summed E-state index contributed by atoms with van der Waals surface area (Å²) in [5, 5.41) is 14.3. The maximum Gasteiger partial charge on any atom is 0.311 e. The van der Waals surface area contributed by atoms with Crippen LogP contribution in [-0.4, -0.2) is 38.8 Å². The lowest BCUT2D eigenvalue weighted by Crippen LogP contribution is -2.35. The third-order valence-electron chi connectivity index (χ3n) is 5.78. The van der Waals surface area contributed by atoms with Crippen LogP contribution in [0.3, 0.4) is 0 Å². The van der Waals surface area contributed by atoms with E-state index in [1.54, 1.807) is 0 Å². The second-order valence-corrected chi connectivity index (χ2v) is 7.24. The van der Waals surface area contributed by atoms with E-state index in [0.29, 0.717) is 12.5 Å². The molecule has 5 nitrogen and oxygen atoms in total. The summed E-state index contributed by atoms with van der Waals surface area (Å²) in [4.78, 5) is 14.1. The number of hydrogen-bond donors (Lipinski definition) is 1. The fraction of sp³-hybridized carbons (Fsp3) is 0.474. The number of aromatic nitrogens is 2. The van der Waals surface area contributed by atoms with Crippen molar-refractivity contribution in [2.24, 2.45) is 11.3 Å². The molecule has 1 aliphatic heterocycles. The van der Waals surface area contributed by atoms with Gasteiger partial charge in [0.1, 0.15) is 0 Å². The van der Waals surface area contributed by atoms with Crippen molar-refractivity contribution in [3.8, 4) is 5.69 Å². The first-order chi connectivity index (χ1) is 11.6. The van der Waals surface area contributed by atoms with Gasteiger partial charge in [0.2, 0.25) is 0 Å². The lowest BCUT2D eigenvalue weighted by molar-refractivity contribution is -0.149. The van der Waals surface area contributed by atoms with E-state index in [0.717, 1.165) is 43.7 Å². The molecule has 2 atom stereocenters. The molecule has 0 amide bonds. The molecule has 24 heavy (non-hydrogen) atoms. The summed E-state index contributed by atoms with van der Waals surface area (Å²) in [6.07, 6.45) is 5.00. The second-order valence-electron chi connectivity index (χ2n) is 7.24. The Labute approximate surface area is 141 Å². The van der Waals surface area contributed by atoms with Crippen LogP contribution in [0.15, 0.2) is 36.5 Å². The standard InChI is InChI=1S/C19H23N3O2/c1-14-15(11-22(20-14)17-7-3-2-4-8-17)10-21-12-16-6-5-9-19(16,13-21)18(23)24/h2-4,7-8,11,16H,5-6,9-10,12-13H2,1H3,(H,23,24)/t16-,19+/m0/s1. The fourth-order valence-corrected chi connectivity index (χ4v) is 4.47. The molecule has 1 aliphatic carbocycles. The molecule has 1 aromatic heterocycles. The van der Waals surface area contributed by atoms with E-state index >= 15 is 0 Å². The molecule has 0 bridgehead atoms. The number of nitrogens with zero attached hydrogens (tertiary/aromatic N) is 3. The van der Waals surface area contributed by atoms with Crippen LogP contribution in [0.1, 0.15) is 30.5 Å².